The summed E-state index contributed by atoms with van der Waals surface area (Å²) in [4.78, 5) is 10.1. The number of halogens is 3. The second-order valence-electron chi connectivity index (χ2n) is 9.06. The van der Waals surface area contributed by atoms with Gasteiger partial charge in [0.2, 0.25) is 6.30 Å². The van der Waals surface area contributed by atoms with Crippen molar-refractivity contribution in [2.24, 2.45) is 0 Å². The van der Waals surface area contributed by atoms with Crippen LogP contribution in [0.25, 0.3) is 28.4 Å². The minimum atomic E-state index is -3.15. The molecule has 5 rings (SSSR count). The molecule has 0 spiro atoms. The number of imidazole rings is 1. The zero-order valence-electron chi connectivity index (χ0n) is 19.6. The summed E-state index contributed by atoms with van der Waals surface area (Å²) in [5.74, 6) is 0.387. The molecule has 0 aromatic carbocycles. The van der Waals surface area contributed by atoms with Gasteiger partial charge in [-0.05, 0) is 6.07 Å². The monoisotopic (exact) mass is 533 g/mol. The lowest BCUT2D eigenvalue weighted by atomic mass is 9.86. The molecule has 1 aliphatic rings. The second kappa shape index (κ2) is 9.27. The lowest BCUT2D eigenvalue weighted by molar-refractivity contribution is -0.125. The number of nitrogens with zero attached hydrogens (tertiary/aromatic N) is 9. The number of fused-ring (bicyclic) bond motifs is 1. The van der Waals surface area contributed by atoms with Gasteiger partial charge in [-0.2, -0.15) is 15.5 Å². The molecule has 0 bridgehead atoms. The summed E-state index contributed by atoms with van der Waals surface area (Å²) in [6.07, 6.45) is 3.81. The first-order valence-corrected chi connectivity index (χ1v) is 13.3. The fourth-order valence-corrected chi connectivity index (χ4v) is 4.88. The van der Waals surface area contributed by atoms with Gasteiger partial charge in [-0.15, -0.1) is 0 Å². The number of aryl methyl sites for hydroxylation is 1. The molecule has 37 heavy (non-hydrogen) atoms. The highest BCUT2D eigenvalue weighted by Crippen LogP contribution is 2.36. The Morgan fingerprint density at radius 2 is 2.00 bits per heavy atom. The van der Waals surface area contributed by atoms with E-state index < -0.39 is 28.1 Å². The Balaban J connectivity index is 1.46. The number of hydrogen-bond acceptors (Lipinski definition) is 8. The molecule has 15 heteroatoms. The Labute approximate surface area is 209 Å². The van der Waals surface area contributed by atoms with Crippen molar-refractivity contribution in [3.63, 3.8) is 0 Å². The van der Waals surface area contributed by atoms with Crippen molar-refractivity contribution >= 4 is 15.5 Å². The first kappa shape index (κ1) is 24.9. The molecule has 1 fully saturated rings. The molecule has 4 aromatic rings. The van der Waals surface area contributed by atoms with Crippen LogP contribution in [0.4, 0.5) is 13.2 Å². The first-order valence-electron chi connectivity index (χ1n) is 11.2. The number of nitriles is 1. The Bertz CT molecular complexity index is 1580. The summed E-state index contributed by atoms with van der Waals surface area (Å²) in [5, 5.41) is 18.1. The summed E-state index contributed by atoms with van der Waals surface area (Å²) in [6.45, 7) is 0.0482. The first-order chi connectivity index (χ1) is 17.6. The second-order valence-corrected chi connectivity index (χ2v) is 11.3. The molecule has 4 aromatic heterocycles. The smallest absolute Gasteiger partial charge is 0.282 e. The normalized spacial score (nSPS) is 16.6. The van der Waals surface area contributed by atoms with Crippen LogP contribution in [0.15, 0.2) is 43.1 Å². The van der Waals surface area contributed by atoms with E-state index in [1.165, 1.54) is 9.36 Å². The minimum absolute atomic E-state index is 0.0266. The third kappa shape index (κ3) is 4.81. The average molecular weight is 534 g/mol. The molecule has 0 radical (unpaired) electrons. The highest BCUT2D eigenvalue weighted by atomic mass is 32.2. The highest BCUT2D eigenvalue weighted by molar-refractivity contribution is 7.90. The molecular formula is C22H22F3N9O2S. The Hall–Kier alpha value is -3.77. The quantitative estimate of drug-likeness (QED) is 0.299. The lowest BCUT2D eigenvalue weighted by Crippen LogP contribution is -2.65. The summed E-state index contributed by atoms with van der Waals surface area (Å²) in [6, 6.07) is 5.49. The van der Waals surface area contributed by atoms with Gasteiger partial charge in [0.15, 0.2) is 5.82 Å². The van der Waals surface area contributed by atoms with Gasteiger partial charge in [-0.1, -0.05) is 0 Å². The predicted octanol–water partition coefficient (Wildman–Crippen LogP) is 1.99. The van der Waals surface area contributed by atoms with Crippen LogP contribution in [0.2, 0.25) is 0 Å². The van der Waals surface area contributed by atoms with Crippen molar-refractivity contribution in [1.29, 1.82) is 5.26 Å². The molecule has 1 atom stereocenters. The maximum absolute atomic E-state index is 13.8. The molecule has 1 unspecified atom stereocenters. The van der Waals surface area contributed by atoms with Crippen LogP contribution in [0, 0.1) is 11.3 Å². The summed E-state index contributed by atoms with van der Waals surface area (Å²) in [7, 11) is -3.15. The van der Waals surface area contributed by atoms with Crippen LogP contribution in [0.1, 0.15) is 6.42 Å². The van der Waals surface area contributed by atoms with E-state index in [0.717, 1.165) is 11.2 Å². The Kier molecular flexibility index (Phi) is 6.24. The van der Waals surface area contributed by atoms with Crippen LogP contribution >= 0.6 is 0 Å². The molecule has 0 amide bonds. The van der Waals surface area contributed by atoms with E-state index in [2.05, 4.69) is 15.2 Å². The summed E-state index contributed by atoms with van der Waals surface area (Å²) in [5.41, 5.74) is 1.27. The number of aromatic nitrogens is 7. The maximum atomic E-state index is 13.8. The lowest BCUT2D eigenvalue weighted by Gasteiger charge is -2.49. The number of sulfone groups is 1. The van der Waals surface area contributed by atoms with Gasteiger partial charge in [-0.25, -0.2) is 31.6 Å². The third-order valence-corrected chi connectivity index (χ3v) is 7.20. The zero-order valence-corrected chi connectivity index (χ0v) is 20.4. The molecule has 194 valence electrons. The molecule has 0 N–H and O–H groups in total. The fourth-order valence-electron chi connectivity index (χ4n) is 4.37. The highest BCUT2D eigenvalue weighted by Gasteiger charge is 2.50. The minimum Gasteiger partial charge on any atom is -0.282 e. The van der Waals surface area contributed by atoms with Crippen molar-refractivity contribution in [1.82, 2.24) is 38.8 Å². The van der Waals surface area contributed by atoms with E-state index in [4.69, 9.17) is 4.98 Å². The Morgan fingerprint density at radius 3 is 2.70 bits per heavy atom. The van der Waals surface area contributed by atoms with E-state index in [-0.39, 0.29) is 31.8 Å². The topological polar surface area (TPSA) is 127 Å². The van der Waals surface area contributed by atoms with Gasteiger partial charge in [0.25, 0.3) is 6.43 Å². The van der Waals surface area contributed by atoms with Gasteiger partial charge in [0.1, 0.15) is 26.7 Å². The molecule has 1 saturated heterocycles. The van der Waals surface area contributed by atoms with Gasteiger partial charge in [0, 0.05) is 55.8 Å². The molecule has 0 saturated carbocycles. The molecule has 11 nitrogen and oxygen atoms in total. The predicted molar refractivity (Wildman–Crippen MR) is 126 cm³/mol. The number of hydrogen-bond donors (Lipinski definition) is 0. The number of likely N-dealkylation sites (tertiary alicyclic amines) is 1. The van der Waals surface area contributed by atoms with Crippen LogP contribution in [-0.4, -0.2) is 85.1 Å². The van der Waals surface area contributed by atoms with E-state index in [9.17, 15) is 26.9 Å². The summed E-state index contributed by atoms with van der Waals surface area (Å²) < 4.78 is 67.1. The van der Waals surface area contributed by atoms with Crippen LogP contribution in [-0.2, 0) is 21.9 Å². The van der Waals surface area contributed by atoms with Crippen LogP contribution in [0.5, 0.6) is 0 Å². The molecule has 5 heterocycles. The maximum Gasteiger partial charge on any atom is 0.282 e. The van der Waals surface area contributed by atoms with Crippen molar-refractivity contribution in [2.45, 2.75) is 31.2 Å². The van der Waals surface area contributed by atoms with Gasteiger partial charge in [0.05, 0.1) is 36.7 Å². The zero-order chi connectivity index (χ0) is 26.4. The molecular weight excluding hydrogens is 511 g/mol. The van der Waals surface area contributed by atoms with Gasteiger partial charge in [-0.3, -0.25) is 18.7 Å². The largest absolute Gasteiger partial charge is 0.282 e. The van der Waals surface area contributed by atoms with Crippen molar-refractivity contribution in [2.75, 3.05) is 25.1 Å². The van der Waals surface area contributed by atoms with Gasteiger partial charge < -0.3 is 0 Å². The Morgan fingerprint density at radius 1 is 1.22 bits per heavy atom. The fraction of sp³-hybridized carbons (Fsp3) is 0.409. The third-order valence-electron chi connectivity index (χ3n) is 6.27. The van der Waals surface area contributed by atoms with Crippen LogP contribution < -0.4 is 0 Å². The van der Waals surface area contributed by atoms with Crippen LogP contribution in [0.3, 0.4) is 0 Å². The standard InChI is InChI=1S/C22H22F3N9O2S/c1-37(35,36)9-8-32-12-15(11-28-32)17-10-18-27-5-7-33(18)21(29-17)16-2-6-34(30-16)22(3-4-26)13-31(14-22)20(25)19(23)24/h2,5-7,10-12,19-20H,3,8-9,13-14H2,1H3. The summed E-state index contributed by atoms with van der Waals surface area (Å²) >= 11 is 0. The van der Waals surface area contributed by atoms with Crippen molar-refractivity contribution in [3.8, 4) is 28.8 Å². The van der Waals surface area contributed by atoms with Gasteiger partial charge >= 0.3 is 0 Å². The number of alkyl halides is 3. The van der Waals surface area contributed by atoms with Crippen molar-refractivity contribution in [3.05, 3.63) is 43.1 Å². The average Bonchev–Trinajstić information content (AvgIpc) is 3.58. The number of rotatable bonds is 9. The van der Waals surface area contributed by atoms with Crippen molar-refractivity contribution < 1.29 is 21.6 Å². The molecule has 0 aliphatic carbocycles. The van der Waals surface area contributed by atoms with E-state index >= 15 is 0 Å². The van der Waals surface area contributed by atoms with E-state index in [1.54, 1.807) is 47.5 Å². The van der Waals surface area contributed by atoms with E-state index in [0.29, 0.717) is 28.4 Å². The molecule has 1 aliphatic heterocycles. The SMILES string of the molecule is CS(=O)(=O)CCn1cc(-c2cc3nccn3c(-c3ccn(C4(CC#N)CN(C(F)C(F)F)C4)n3)n2)cn1. The van der Waals surface area contributed by atoms with E-state index in [1.807, 2.05) is 6.07 Å².